The molecule has 1 aliphatic rings. The van der Waals surface area contributed by atoms with Crippen LogP contribution in [0, 0.1) is 24.0 Å². The lowest BCUT2D eigenvalue weighted by Crippen LogP contribution is -2.48. The third-order valence-electron chi connectivity index (χ3n) is 4.87. The van der Waals surface area contributed by atoms with E-state index in [9.17, 15) is 18.5 Å². The van der Waals surface area contributed by atoms with Crippen molar-refractivity contribution in [2.75, 3.05) is 26.2 Å². The molecular weight excluding hydrogens is 366 g/mol. The summed E-state index contributed by atoms with van der Waals surface area (Å²) in [4.78, 5) is 13.2. The Morgan fingerprint density at radius 3 is 2.37 bits per heavy atom. The second-order valence-corrected chi connectivity index (χ2v) is 8.74. The maximum absolute atomic E-state index is 13.0. The Balaban J connectivity index is 1.70. The lowest BCUT2D eigenvalue weighted by molar-refractivity contribution is -0.385. The van der Waals surface area contributed by atoms with Crippen LogP contribution in [-0.4, -0.2) is 48.7 Å². The van der Waals surface area contributed by atoms with Crippen molar-refractivity contribution in [2.45, 2.75) is 25.3 Å². The number of nitrogens with zero attached hydrogens (tertiary/aromatic N) is 3. The Kier molecular flexibility index (Phi) is 5.59. The van der Waals surface area contributed by atoms with Crippen LogP contribution in [0.4, 0.5) is 5.69 Å². The molecule has 0 atom stereocenters. The number of benzene rings is 2. The predicted octanol–water partition coefficient (Wildman–Crippen LogP) is 2.72. The van der Waals surface area contributed by atoms with Crippen LogP contribution in [0.25, 0.3) is 0 Å². The first-order chi connectivity index (χ1) is 12.8. The Bertz CT molecular complexity index is 951. The molecule has 0 amide bonds. The van der Waals surface area contributed by atoms with Crippen molar-refractivity contribution in [1.29, 1.82) is 0 Å². The van der Waals surface area contributed by atoms with E-state index in [1.165, 1.54) is 10.4 Å². The number of sulfonamides is 1. The van der Waals surface area contributed by atoms with Gasteiger partial charge in [-0.1, -0.05) is 30.3 Å². The van der Waals surface area contributed by atoms with Gasteiger partial charge in [0.15, 0.2) is 0 Å². The van der Waals surface area contributed by atoms with Crippen LogP contribution in [0.2, 0.25) is 0 Å². The minimum absolute atomic E-state index is 0.0999. The molecule has 7 nitrogen and oxygen atoms in total. The number of nitro groups is 1. The van der Waals surface area contributed by atoms with Crippen molar-refractivity contribution < 1.29 is 13.3 Å². The average molecular weight is 389 g/mol. The molecule has 1 fully saturated rings. The van der Waals surface area contributed by atoms with E-state index in [0.717, 1.165) is 11.1 Å². The van der Waals surface area contributed by atoms with Gasteiger partial charge in [0.1, 0.15) is 0 Å². The van der Waals surface area contributed by atoms with Crippen LogP contribution in [0.5, 0.6) is 0 Å². The highest BCUT2D eigenvalue weighted by atomic mass is 32.2. The van der Waals surface area contributed by atoms with E-state index >= 15 is 0 Å². The molecule has 0 unspecified atom stereocenters. The van der Waals surface area contributed by atoms with Crippen LogP contribution in [0.3, 0.4) is 0 Å². The van der Waals surface area contributed by atoms with Gasteiger partial charge in [-0.2, -0.15) is 4.31 Å². The zero-order valence-corrected chi connectivity index (χ0v) is 16.3. The summed E-state index contributed by atoms with van der Waals surface area (Å²) >= 11 is 0. The maximum atomic E-state index is 13.0. The van der Waals surface area contributed by atoms with Crippen molar-refractivity contribution >= 4 is 15.7 Å². The molecule has 1 heterocycles. The van der Waals surface area contributed by atoms with Gasteiger partial charge in [-0.25, -0.2) is 8.42 Å². The zero-order chi connectivity index (χ0) is 19.6. The molecule has 8 heteroatoms. The van der Waals surface area contributed by atoms with Crippen molar-refractivity contribution in [3.63, 3.8) is 0 Å². The number of hydrogen-bond donors (Lipinski definition) is 0. The number of rotatable bonds is 5. The molecule has 1 saturated heterocycles. The Hall–Kier alpha value is -2.29. The second-order valence-electron chi connectivity index (χ2n) is 6.84. The van der Waals surface area contributed by atoms with Gasteiger partial charge in [-0.3, -0.25) is 15.0 Å². The summed E-state index contributed by atoms with van der Waals surface area (Å²) in [6, 6.07) is 12.1. The van der Waals surface area contributed by atoms with Crippen LogP contribution >= 0.6 is 0 Å². The van der Waals surface area contributed by atoms with Gasteiger partial charge in [-0.15, -0.1) is 0 Å². The summed E-state index contributed by atoms with van der Waals surface area (Å²) in [6.07, 6.45) is 0. The molecule has 2 aromatic carbocycles. The highest BCUT2D eigenvalue weighted by Crippen LogP contribution is 2.24. The maximum Gasteiger partial charge on any atom is 0.273 e. The summed E-state index contributed by atoms with van der Waals surface area (Å²) in [6.45, 7) is 5.94. The van der Waals surface area contributed by atoms with Gasteiger partial charge < -0.3 is 0 Å². The first kappa shape index (κ1) is 19.5. The second kappa shape index (κ2) is 7.75. The Morgan fingerprint density at radius 2 is 1.70 bits per heavy atom. The van der Waals surface area contributed by atoms with Crippen molar-refractivity contribution in [3.05, 3.63) is 69.3 Å². The number of aryl methyl sites for hydroxylation is 2. The van der Waals surface area contributed by atoms with Gasteiger partial charge in [-0.05, 0) is 31.0 Å². The summed E-state index contributed by atoms with van der Waals surface area (Å²) in [5.74, 6) is 0. The van der Waals surface area contributed by atoms with Gasteiger partial charge in [0.25, 0.3) is 5.69 Å². The fourth-order valence-electron chi connectivity index (χ4n) is 3.32. The molecule has 144 valence electrons. The Labute approximate surface area is 159 Å². The minimum atomic E-state index is -3.53. The van der Waals surface area contributed by atoms with E-state index in [2.05, 4.69) is 4.90 Å². The van der Waals surface area contributed by atoms with Crippen LogP contribution in [0.1, 0.15) is 16.7 Å². The molecule has 2 aromatic rings. The summed E-state index contributed by atoms with van der Waals surface area (Å²) in [5.41, 5.74) is 2.40. The van der Waals surface area contributed by atoms with Gasteiger partial charge >= 0.3 is 0 Å². The van der Waals surface area contributed by atoms with Crippen molar-refractivity contribution in [3.8, 4) is 0 Å². The van der Waals surface area contributed by atoms with E-state index < -0.39 is 10.0 Å². The smallest absolute Gasteiger partial charge is 0.273 e. The normalized spacial score (nSPS) is 16.4. The molecule has 0 radical (unpaired) electrons. The molecule has 0 aromatic heterocycles. The van der Waals surface area contributed by atoms with Gasteiger partial charge in [0.2, 0.25) is 10.0 Å². The first-order valence-corrected chi connectivity index (χ1v) is 10.2. The molecular formula is C19H23N3O4S. The van der Waals surface area contributed by atoms with E-state index in [-0.39, 0.29) is 10.6 Å². The van der Waals surface area contributed by atoms with Crippen molar-refractivity contribution in [2.24, 2.45) is 0 Å². The highest BCUT2D eigenvalue weighted by molar-refractivity contribution is 7.89. The number of piperazine rings is 1. The van der Waals surface area contributed by atoms with Crippen LogP contribution < -0.4 is 0 Å². The van der Waals surface area contributed by atoms with E-state index in [1.54, 1.807) is 31.2 Å². The monoisotopic (exact) mass is 389 g/mol. The third kappa shape index (κ3) is 4.18. The lowest BCUT2D eigenvalue weighted by atomic mass is 10.1. The number of hydrogen-bond acceptors (Lipinski definition) is 5. The average Bonchev–Trinajstić information content (AvgIpc) is 2.64. The van der Waals surface area contributed by atoms with E-state index in [1.807, 2.05) is 19.1 Å². The quantitative estimate of drug-likeness (QED) is 0.580. The summed E-state index contributed by atoms with van der Waals surface area (Å²) < 4.78 is 27.5. The van der Waals surface area contributed by atoms with Gasteiger partial charge in [0.05, 0.1) is 9.82 Å². The third-order valence-corrected chi connectivity index (χ3v) is 6.92. The van der Waals surface area contributed by atoms with Crippen LogP contribution in [-0.2, 0) is 16.6 Å². The molecule has 0 bridgehead atoms. The summed E-state index contributed by atoms with van der Waals surface area (Å²) in [7, 11) is -3.53. The SMILES string of the molecule is Cc1ccc(C)c(S(=O)(=O)N2CCN(Cc3ccccc3[N+](=O)[O-])CC2)c1. The molecule has 3 rings (SSSR count). The van der Waals surface area contributed by atoms with Crippen molar-refractivity contribution in [1.82, 2.24) is 9.21 Å². The fourth-order valence-corrected chi connectivity index (χ4v) is 5.05. The predicted molar refractivity (Wildman–Crippen MR) is 103 cm³/mol. The van der Waals surface area contributed by atoms with Crippen LogP contribution in [0.15, 0.2) is 47.4 Å². The summed E-state index contributed by atoms with van der Waals surface area (Å²) in [5, 5.41) is 11.2. The van der Waals surface area contributed by atoms with E-state index in [0.29, 0.717) is 43.2 Å². The largest absolute Gasteiger partial charge is 0.296 e. The number of para-hydroxylation sites is 1. The topological polar surface area (TPSA) is 83.8 Å². The van der Waals surface area contributed by atoms with Gasteiger partial charge in [0, 0.05) is 44.4 Å². The molecule has 27 heavy (non-hydrogen) atoms. The first-order valence-electron chi connectivity index (χ1n) is 8.81. The standard InChI is InChI=1S/C19H23N3O4S/c1-15-7-8-16(2)19(13-15)27(25,26)21-11-9-20(10-12-21)14-17-5-3-4-6-18(17)22(23)24/h3-8,13H,9-12,14H2,1-2H3. The molecule has 0 N–H and O–H groups in total. The molecule has 0 saturated carbocycles. The molecule has 0 aliphatic carbocycles. The van der Waals surface area contributed by atoms with E-state index in [4.69, 9.17) is 0 Å². The molecule has 0 spiro atoms. The fraction of sp³-hybridized carbons (Fsp3) is 0.368. The lowest BCUT2D eigenvalue weighted by Gasteiger charge is -2.34. The molecule has 1 aliphatic heterocycles. The highest BCUT2D eigenvalue weighted by Gasteiger charge is 2.30. The zero-order valence-electron chi connectivity index (χ0n) is 15.5. The number of nitro benzene ring substituents is 1. The Morgan fingerprint density at radius 1 is 1.04 bits per heavy atom. The minimum Gasteiger partial charge on any atom is -0.296 e.